The second-order valence-corrected chi connectivity index (χ2v) is 3.89. The van der Waals surface area contributed by atoms with Crippen LogP contribution in [0, 0.1) is 31.5 Å². The molecule has 0 amide bonds. The summed E-state index contributed by atoms with van der Waals surface area (Å²) in [6, 6.07) is 3.02. The molecule has 1 rings (SSSR count). The molecule has 0 heterocycles. The van der Waals surface area contributed by atoms with Crippen LogP contribution in [0.3, 0.4) is 0 Å². The summed E-state index contributed by atoms with van der Waals surface area (Å²) in [6.45, 7) is 3.75. The van der Waals surface area contributed by atoms with Crippen molar-refractivity contribution in [3.63, 3.8) is 0 Å². The summed E-state index contributed by atoms with van der Waals surface area (Å²) >= 11 is 5.55. The SMILES string of the molecule is Cc1cc(F)cc(C)c1C#CCCCCl. The number of aryl methyl sites for hydroxylation is 2. The third-order valence-corrected chi connectivity index (χ3v) is 2.41. The fraction of sp³-hybridized carbons (Fsp3) is 0.385. The molecule has 0 aliphatic heterocycles. The molecule has 0 fully saturated rings. The lowest BCUT2D eigenvalue weighted by atomic mass is 10.0. The van der Waals surface area contributed by atoms with Crippen LogP contribution >= 0.6 is 11.6 Å². The molecule has 1 aromatic carbocycles. The van der Waals surface area contributed by atoms with Crippen LogP contribution in [-0.4, -0.2) is 5.88 Å². The molecule has 0 aliphatic carbocycles. The Kier molecular flexibility index (Phi) is 4.65. The van der Waals surface area contributed by atoms with Gasteiger partial charge >= 0.3 is 0 Å². The molecule has 0 aliphatic rings. The van der Waals surface area contributed by atoms with Gasteiger partial charge in [0.05, 0.1) is 0 Å². The van der Waals surface area contributed by atoms with Crippen molar-refractivity contribution in [2.24, 2.45) is 0 Å². The predicted molar refractivity (Wildman–Crippen MR) is 62.7 cm³/mol. The first-order chi connectivity index (χ1) is 7.15. The highest BCUT2D eigenvalue weighted by Gasteiger charge is 2.01. The molecule has 2 heteroatoms. The monoisotopic (exact) mass is 224 g/mol. The highest BCUT2D eigenvalue weighted by atomic mass is 35.5. The second kappa shape index (κ2) is 5.78. The van der Waals surface area contributed by atoms with Gasteiger partial charge in [-0.05, 0) is 43.5 Å². The first-order valence-corrected chi connectivity index (χ1v) is 5.50. The molecule has 0 saturated heterocycles. The van der Waals surface area contributed by atoms with Crippen molar-refractivity contribution in [1.82, 2.24) is 0 Å². The average molecular weight is 225 g/mol. The molecule has 0 aromatic heterocycles. The Hall–Kier alpha value is -1.00. The van der Waals surface area contributed by atoms with Crippen LogP contribution in [-0.2, 0) is 0 Å². The number of alkyl halides is 1. The maximum absolute atomic E-state index is 13.0. The van der Waals surface area contributed by atoms with Gasteiger partial charge in [0.25, 0.3) is 0 Å². The van der Waals surface area contributed by atoms with E-state index in [-0.39, 0.29) is 5.82 Å². The molecule has 0 spiro atoms. The minimum absolute atomic E-state index is 0.198. The zero-order chi connectivity index (χ0) is 11.3. The van der Waals surface area contributed by atoms with Crippen LogP contribution < -0.4 is 0 Å². The minimum Gasteiger partial charge on any atom is -0.207 e. The first kappa shape index (κ1) is 12.1. The first-order valence-electron chi connectivity index (χ1n) is 4.96. The van der Waals surface area contributed by atoms with Gasteiger partial charge < -0.3 is 0 Å². The molecular formula is C13H14ClF. The third-order valence-electron chi connectivity index (χ3n) is 2.15. The van der Waals surface area contributed by atoms with E-state index in [0.29, 0.717) is 5.88 Å². The largest absolute Gasteiger partial charge is 0.207 e. The Morgan fingerprint density at radius 2 is 1.87 bits per heavy atom. The maximum atomic E-state index is 13.0. The second-order valence-electron chi connectivity index (χ2n) is 3.51. The predicted octanol–water partition coefficient (Wildman–Crippen LogP) is 3.81. The van der Waals surface area contributed by atoms with Crippen LogP contribution in [0.1, 0.15) is 29.5 Å². The summed E-state index contributed by atoms with van der Waals surface area (Å²) in [5.41, 5.74) is 2.72. The fourth-order valence-electron chi connectivity index (χ4n) is 1.41. The molecule has 1 aromatic rings. The number of halogens is 2. The van der Waals surface area contributed by atoms with E-state index in [1.807, 2.05) is 13.8 Å². The van der Waals surface area contributed by atoms with Gasteiger partial charge in [-0.15, -0.1) is 11.6 Å². The van der Waals surface area contributed by atoms with E-state index in [9.17, 15) is 4.39 Å². The number of hydrogen-bond acceptors (Lipinski definition) is 0. The zero-order valence-corrected chi connectivity index (χ0v) is 9.79. The van der Waals surface area contributed by atoms with Crippen LogP contribution in [0.4, 0.5) is 4.39 Å². The van der Waals surface area contributed by atoms with E-state index >= 15 is 0 Å². The van der Waals surface area contributed by atoms with Gasteiger partial charge in [-0.3, -0.25) is 0 Å². The molecule has 0 atom stereocenters. The van der Waals surface area contributed by atoms with Crippen LogP contribution in [0.25, 0.3) is 0 Å². The summed E-state index contributed by atoms with van der Waals surface area (Å²) in [7, 11) is 0. The molecule has 80 valence electrons. The summed E-state index contributed by atoms with van der Waals surface area (Å²) < 4.78 is 13.0. The summed E-state index contributed by atoms with van der Waals surface area (Å²) in [5, 5.41) is 0. The van der Waals surface area contributed by atoms with E-state index in [4.69, 9.17) is 11.6 Å². The number of hydrogen-bond donors (Lipinski definition) is 0. The van der Waals surface area contributed by atoms with Crippen molar-refractivity contribution in [2.75, 3.05) is 5.88 Å². The Labute approximate surface area is 95.5 Å². The smallest absolute Gasteiger partial charge is 0.123 e. The molecule has 0 nitrogen and oxygen atoms in total. The Morgan fingerprint density at radius 1 is 1.27 bits per heavy atom. The van der Waals surface area contributed by atoms with E-state index < -0.39 is 0 Å². The summed E-state index contributed by atoms with van der Waals surface area (Å²) in [5.74, 6) is 6.55. The van der Waals surface area contributed by atoms with Gasteiger partial charge in [0.2, 0.25) is 0 Å². The van der Waals surface area contributed by atoms with Crippen molar-refractivity contribution in [3.8, 4) is 11.8 Å². The summed E-state index contributed by atoms with van der Waals surface area (Å²) in [6.07, 6.45) is 1.69. The minimum atomic E-state index is -0.198. The van der Waals surface area contributed by atoms with Crippen molar-refractivity contribution in [3.05, 3.63) is 34.6 Å². The molecular weight excluding hydrogens is 211 g/mol. The highest BCUT2D eigenvalue weighted by molar-refractivity contribution is 6.17. The average Bonchev–Trinajstić information content (AvgIpc) is 2.15. The van der Waals surface area contributed by atoms with Crippen LogP contribution in [0.15, 0.2) is 12.1 Å². The molecule has 0 N–H and O–H groups in total. The quantitative estimate of drug-likeness (QED) is 0.407. The van der Waals surface area contributed by atoms with E-state index in [1.165, 1.54) is 12.1 Å². The van der Waals surface area contributed by atoms with Gasteiger partial charge in [-0.1, -0.05) is 11.8 Å². The Bertz CT molecular complexity index is 376. The zero-order valence-electron chi connectivity index (χ0n) is 9.03. The fourth-order valence-corrected chi connectivity index (χ4v) is 1.55. The van der Waals surface area contributed by atoms with E-state index in [0.717, 1.165) is 29.5 Å². The Balaban J connectivity index is 2.88. The lowest BCUT2D eigenvalue weighted by Crippen LogP contribution is -1.90. The molecule has 0 radical (unpaired) electrons. The van der Waals surface area contributed by atoms with Crippen LogP contribution in [0.2, 0.25) is 0 Å². The number of unbranched alkanes of at least 4 members (excludes halogenated alkanes) is 1. The molecule has 15 heavy (non-hydrogen) atoms. The van der Waals surface area contributed by atoms with Gasteiger partial charge in [0.15, 0.2) is 0 Å². The van der Waals surface area contributed by atoms with Gasteiger partial charge in [0, 0.05) is 17.9 Å². The standard InChI is InChI=1S/C13H14ClF/c1-10-8-12(15)9-11(2)13(10)6-4-3-5-7-14/h8-9H,3,5,7H2,1-2H3. The van der Waals surface area contributed by atoms with Crippen molar-refractivity contribution >= 4 is 11.6 Å². The van der Waals surface area contributed by atoms with E-state index in [1.54, 1.807) is 0 Å². The van der Waals surface area contributed by atoms with E-state index in [2.05, 4.69) is 11.8 Å². The van der Waals surface area contributed by atoms with Crippen molar-refractivity contribution in [2.45, 2.75) is 26.7 Å². The van der Waals surface area contributed by atoms with Crippen LogP contribution in [0.5, 0.6) is 0 Å². The van der Waals surface area contributed by atoms with Crippen molar-refractivity contribution in [1.29, 1.82) is 0 Å². The van der Waals surface area contributed by atoms with Gasteiger partial charge in [-0.25, -0.2) is 4.39 Å². The topological polar surface area (TPSA) is 0 Å². The third kappa shape index (κ3) is 3.57. The maximum Gasteiger partial charge on any atom is 0.123 e. The normalized spacial score (nSPS) is 9.60. The van der Waals surface area contributed by atoms with Gasteiger partial charge in [-0.2, -0.15) is 0 Å². The highest BCUT2D eigenvalue weighted by Crippen LogP contribution is 2.14. The Morgan fingerprint density at radius 3 is 2.40 bits per heavy atom. The van der Waals surface area contributed by atoms with Gasteiger partial charge in [0.1, 0.15) is 5.82 Å². The lowest BCUT2D eigenvalue weighted by Gasteiger charge is -2.02. The lowest BCUT2D eigenvalue weighted by molar-refractivity contribution is 0.625. The molecule has 0 saturated carbocycles. The van der Waals surface area contributed by atoms with Crippen molar-refractivity contribution < 1.29 is 4.39 Å². The number of benzene rings is 1. The summed E-state index contributed by atoms with van der Waals surface area (Å²) in [4.78, 5) is 0. The molecule has 0 unspecified atom stereocenters. The number of rotatable bonds is 2. The molecule has 0 bridgehead atoms.